The van der Waals surface area contributed by atoms with Crippen molar-refractivity contribution in [3.05, 3.63) is 93.7 Å². The van der Waals surface area contributed by atoms with Gasteiger partial charge < -0.3 is 10.1 Å². The van der Waals surface area contributed by atoms with Crippen molar-refractivity contribution in [2.24, 2.45) is 0 Å². The van der Waals surface area contributed by atoms with Crippen LogP contribution < -0.4 is 10.1 Å². The smallest absolute Gasteiger partial charge is 0.251 e. The zero-order valence-electron chi connectivity index (χ0n) is 14.7. The lowest BCUT2D eigenvalue weighted by Crippen LogP contribution is -2.26. The molecule has 138 valence electrons. The van der Waals surface area contributed by atoms with E-state index in [0.29, 0.717) is 28.0 Å². The maximum Gasteiger partial charge on any atom is 0.251 e. The fourth-order valence-electron chi connectivity index (χ4n) is 2.52. The lowest BCUT2D eigenvalue weighted by atomic mass is 10.1. The third kappa shape index (κ3) is 5.22. The van der Waals surface area contributed by atoms with E-state index < -0.39 is 0 Å². The average Bonchev–Trinajstić information content (AvgIpc) is 2.69. The summed E-state index contributed by atoms with van der Waals surface area (Å²) in [6.45, 7) is 2.29. The highest BCUT2D eigenvalue weighted by atomic mass is 35.5. The third-order valence-electron chi connectivity index (χ3n) is 4.00. The van der Waals surface area contributed by atoms with Gasteiger partial charge in [-0.2, -0.15) is 0 Å². The molecule has 0 spiro atoms. The molecule has 1 amide bonds. The summed E-state index contributed by atoms with van der Waals surface area (Å²) in [5.74, 6) is 0.495. The Hall–Kier alpha value is -2.56. The summed E-state index contributed by atoms with van der Waals surface area (Å²) in [4.78, 5) is 16.7. The molecule has 1 aromatic heterocycles. The monoisotopic (exact) mass is 400 g/mol. The van der Waals surface area contributed by atoms with Gasteiger partial charge in [-0.3, -0.25) is 9.78 Å². The molecule has 4 nitrogen and oxygen atoms in total. The summed E-state index contributed by atoms with van der Waals surface area (Å²) in [5, 5.41) is 3.72. The van der Waals surface area contributed by atoms with Gasteiger partial charge in [0.15, 0.2) is 0 Å². The first-order chi connectivity index (χ1) is 13.0. The Morgan fingerprint density at radius 3 is 2.67 bits per heavy atom. The molecule has 0 saturated carbocycles. The van der Waals surface area contributed by atoms with E-state index in [1.54, 1.807) is 24.4 Å². The van der Waals surface area contributed by atoms with Crippen molar-refractivity contribution < 1.29 is 9.53 Å². The van der Waals surface area contributed by atoms with E-state index in [2.05, 4.69) is 10.3 Å². The SMILES string of the molecule is CC(NC(=O)c1ccc(Cl)c(Cl)c1)c1cccc(OCc2ccccn2)c1. The number of ether oxygens (including phenoxy) is 1. The molecule has 1 N–H and O–H groups in total. The Labute approximate surface area is 168 Å². The van der Waals surface area contributed by atoms with Gasteiger partial charge in [-0.25, -0.2) is 0 Å². The first-order valence-electron chi connectivity index (χ1n) is 8.41. The molecule has 0 saturated heterocycles. The fourth-order valence-corrected chi connectivity index (χ4v) is 2.81. The number of nitrogens with zero attached hydrogens (tertiary/aromatic N) is 1. The minimum atomic E-state index is -0.221. The zero-order valence-corrected chi connectivity index (χ0v) is 16.2. The molecule has 1 atom stereocenters. The Kier molecular flexibility index (Phi) is 6.32. The normalized spacial score (nSPS) is 11.7. The van der Waals surface area contributed by atoms with Crippen LogP contribution in [0.1, 0.15) is 34.6 Å². The van der Waals surface area contributed by atoms with Gasteiger partial charge in [0, 0.05) is 11.8 Å². The number of hydrogen-bond acceptors (Lipinski definition) is 3. The summed E-state index contributed by atoms with van der Waals surface area (Å²) in [6.07, 6.45) is 1.73. The van der Waals surface area contributed by atoms with Gasteiger partial charge in [0.25, 0.3) is 5.91 Å². The van der Waals surface area contributed by atoms with Crippen LogP contribution in [0.25, 0.3) is 0 Å². The Morgan fingerprint density at radius 2 is 1.93 bits per heavy atom. The summed E-state index contributed by atoms with van der Waals surface area (Å²) >= 11 is 11.9. The molecule has 0 radical (unpaired) electrons. The van der Waals surface area contributed by atoms with Crippen LogP contribution in [0.3, 0.4) is 0 Å². The number of halogens is 2. The Morgan fingerprint density at radius 1 is 1.07 bits per heavy atom. The number of benzene rings is 2. The number of hydrogen-bond donors (Lipinski definition) is 1. The van der Waals surface area contributed by atoms with Crippen LogP contribution in [0, 0.1) is 0 Å². The van der Waals surface area contributed by atoms with Gasteiger partial charge in [-0.1, -0.05) is 41.4 Å². The van der Waals surface area contributed by atoms with Crippen molar-refractivity contribution in [1.82, 2.24) is 10.3 Å². The summed E-state index contributed by atoms with van der Waals surface area (Å²) < 4.78 is 5.79. The molecule has 1 heterocycles. The molecule has 0 aliphatic rings. The van der Waals surface area contributed by atoms with Gasteiger partial charge in [0.2, 0.25) is 0 Å². The van der Waals surface area contributed by atoms with Crippen molar-refractivity contribution in [2.75, 3.05) is 0 Å². The number of aromatic nitrogens is 1. The van der Waals surface area contributed by atoms with E-state index >= 15 is 0 Å². The lowest BCUT2D eigenvalue weighted by Gasteiger charge is -2.16. The summed E-state index contributed by atoms with van der Waals surface area (Å²) in [6, 6.07) is 17.9. The highest BCUT2D eigenvalue weighted by Gasteiger charge is 2.13. The molecule has 27 heavy (non-hydrogen) atoms. The fraction of sp³-hybridized carbons (Fsp3) is 0.143. The van der Waals surface area contributed by atoms with Gasteiger partial charge in [-0.05, 0) is 55.0 Å². The van der Waals surface area contributed by atoms with Crippen molar-refractivity contribution >= 4 is 29.1 Å². The molecule has 3 aromatic rings. The number of pyridine rings is 1. The van der Waals surface area contributed by atoms with E-state index in [-0.39, 0.29) is 11.9 Å². The molecule has 0 fully saturated rings. The van der Waals surface area contributed by atoms with Crippen LogP contribution in [0.2, 0.25) is 10.0 Å². The van der Waals surface area contributed by atoms with Gasteiger partial charge in [0.05, 0.1) is 21.8 Å². The second-order valence-electron chi connectivity index (χ2n) is 6.01. The van der Waals surface area contributed by atoms with Crippen LogP contribution in [-0.4, -0.2) is 10.9 Å². The van der Waals surface area contributed by atoms with Crippen LogP contribution in [0.5, 0.6) is 5.75 Å². The largest absolute Gasteiger partial charge is 0.487 e. The predicted octanol–water partition coefficient (Wildman–Crippen LogP) is 5.46. The minimum Gasteiger partial charge on any atom is -0.487 e. The molecule has 0 aliphatic heterocycles. The Bertz CT molecular complexity index is 932. The van der Waals surface area contributed by atoms with E-state index in [0.717, 1.165) is 11.3 Å². The molecule has 6 heteroatoms. The molecular formula is C21H18Cl2N2O2. The summed E-state index contributed by atoms with van der Waals surface area (Å²) in [7, 11) is 0. The van der Waals surface area contributed by atoms with Gasteiger partial charge in [-0.15, -0.1) is 0 Å². The number of amides is 1. The number of carbonyl (C=O) groups is 1. The number of carbonyl (C=O) groups excluding carboxylic acids is 1. The van der Waals surface area contributed by atoms with E-state index in [1.807, 2.05) is 49.4 Å². The third-order valence-corrected chi connectivity index (χ3v) is 4.74. The van der Waals surface area contributed by atoms with E-state index in [4.69, 9.17) is 27.9 Å². The number of rotatable bonds is 6. The van der Waals surface area contributed by atoms with Crippen LogP contribution in [0.4, 0.5) is 0 Å². The summed E-state index contributed by atoms with van der Waals surface area (Å²) in [5.41, 5.74) is 2.24. The molecular weight excluding hydrogens is 383 g/mol. The lowest BCUT2D eigenvalue weighted by molar-refractivity contribution is 0.0940. The molecule has 2 aromatic carbocycles. The maximum absolute atomic E-state index is 12.4. The highest BCUT2D eigenvalue weighted by molar-refractivity contribution is 6.42. The molecule has 0 aliphatic carbocycles. The van der Waals surface area contributed by atoms with Crippen LogP contribution in [0.15, 0.2) is 66.9 Å². The average molecular weight is 401 g/mol. The molecule has 1 unspecified atom stereocenters. The van der Waals surface area contributed by atoms with E-state index in [1.165, 1.54) is 0 Å². The molecule has 3 rings (SSSR count). The molecule has 0 bridgehead atoms. The van der Waals surface area contributed by atoms with Gasteiger partial charge in [0.1, 0.15) is 12.4 Å². The van der Waals surface area contributed by atoms with Crippen molar-refractivity contribution in [2.45, 2.75) is 19.6 Å². The van der Waals surface area contributed by atoms with Gasteiger partial charge >= 0.3 is 0 Å². The van der Waals surface area contributed by atoms with Crippen LogP contribution in [-0.2, 0) is 6.61 Å². The van der Waals surface area contributed by atoms with Crippen molar-refractivity contribution in [1.29, 1.82) is 0 Å². The number of nitrogens with one attached hydrogen (secondary N) is 1. The first kappa shape index (κ1) is 19.2. The van der Waals surface area contributed by atoms with Crippen molar-refractivity contribution in [3.8, 4) is 5.75 Å². The van der Waals surface area contributed by atoms with Crippen molar-refractivity contribution in [3.63, 3.8) is 0 Å². The van der Waals surface area contributed by atoms with Crippen LogP contribution >= 0.6 is 23.2 Å². The second kappa shape index (κ2) is 8.89. The van der Waals surface area contributed by atoms with E-state index in [9.17, 15) is 4.79 Å². The maximum atomic E-state index is 12.4. The topological polar surface area (TPSA) is 51.2 Å². The highest BCUT2D eigenvalue weighted by Crippen LogP contribution is 2.24. The zero-order chi connectivity index (χ0) is 19.2. The second-order valence-corrected chi connectivity index (χ2v) is 6.82. The first-order valence-corrected chi connectivity index (χ1v) is 9.17. The predicted molar refractivity (Wildman–Crippen MR) is 107 cm³/mol. The quantitative estimate of drug-likeness (QED) is 0.597. The Balaban J connectivity index is 1.65. The standard InChI is InChI=1S/C21H18Cl2N2O2/c1-14(25-21(26)16-8-9-19(22)20(23)12-16)15-5-4-7-18(11-15)27-13-17-6-2-3-10-24-17/h2-12,14H,13H2,1H3,(H,25,26). The minimum absolute atomic E-state index is 0.203.